The predicted octanol–water partition coefficient (Wildman–Crippen LogP) is 5.98. The van der Waals surface area contributed by atoms with Gasteiger partial charge in [-0.3, -0.25) is 4.79 Å². The molecule has 0 radical (unpaired) electrons. The van der Waals surface area contributed by atoms with Crippen LogP contribution in [0.4, 0.5) is 11.5 Å². The Morgan fingerprint density at radius 3 is 2.53 bits per heavy atom. The molecule has 1 amide bonds. The fraction of sp³-hybridized carbons (Fsp3) is 0.520. The van der Waals surface area contributed by atoms with Crippen molar-refractivity contribution in [2.45, 2.75) is 39.0 Å². The zero-order valence-corrected chi connectivity index (χ0v) is 20.2. The lowest BCUT2D eigenvalue weighted by atomic mass is 9.92. The Labute approximate surface area is 201 Å². The number of anilines is 2. The molecule has 7 heteroatoms. The summed E-state index contributed by atoms with van der Waals surface area (Å²) in [5.74, 6) is 2.20. The van der Waals surface area contributed by atoms with Gasteiger partial charge in [0.25, 0.3) is 5.91 Å². The third-order valence-electron chi connectivity index (χ3n) is 6.81. The first-order valence-corrected chi connectivity index (χ1v) is 12.4. The monoisotopic (exact) mass is 474 g/mol. The van der Waals surface area contributed by atoms with Crippen LogP contribution in [0.2, 0.25) is 10.0 Å². The van der Waals surface area contributed by atoms with Gasteiger partial charge in [0, 0.05) is 29.9 Å². The molecule has 5 nitrogen and oxygen atoms in total. The lowest BCUT2D eigenvalue weighted by molar-refractivity contribution is 0.102. The van der Waals surface area contributed by atoms with E-state index in [1.165, 1.54) is 38.9 Å². The minimum Gasteiger partial charge on any atom is -0.355 e. The fourth-order valence-electron chi connectivity index (χ4n) is 4.68. The van der Waals surface area contributed by atoms with Crippen molar-refractivity contribution in [2.75, 3.05) is 42.9 Å². The van der Waals surface area contributed by atoms with Gasteiger partial charge in [-0.15, -0.1) is 0 Å². The lowest BCUT2D eigenvalue weighted by Gasteiger charge is -2.36. The molecule has 0 aliphatic carbocycles. The number of piperidine rings is 2. The summed E-state index contributed by atoms with van der Waals surface area (Å²) in [6.45, 7) is 7.97. The van der Waals surface area contributed by atoms with E-state index in [9.17, 15) is 4.79 Å². The van der Waals surface area contributed by atoms with Gasteiger partial charge >= 0.3 is 0 Å². The van der Waals surface area contributed by atoms with Crippen LogP contribution in [0.25, 0.3) is 0 Å². The molecule has 0 bridgehead atoms. The maximum absolute atomic E-state index is 12.8. The van der Waals surface area contributed by atoms with Crippen molar-refractivity contribution in [3.05, 3.63) is 52.1 Å². The average Bonchev–Trinajstić information content (AvgIpc) is 2.79. The SMILES string of the molecule is CC1CCN(CCC2CCN(c3ncc(Cl)cc3NC(=O)c3cccc(Cl)c3)CC2)CC1. The Hall–Kier alpha value is -1.82. The highest BCUT2D eigenvalue weighted by Crippen LogP contribution is 2.31. The summed E-state index contributed by atoms with van der Waals surface area (Å²) in [4.78, 5) is 22.2. The van der Waals surface area contributed by atoms with E-state index >= 15 is 0 Å². The van der Waals surface area contributed by atoms with Crippen molar-refractivity contribution >= 4 is 40.6 Å². The molecule has 0 unspecified atom stereocenters. The first kappa shape index (κ1) is 23.3. The van der Waals surface area contributed by atoms with Crippen LogP contribution in [-0.2, 0) is 0 Å². The van der Waals surface area contributed by atoms with Gasteiger partial charge in [-0.1, -0.05) is 36.2 Å². The molecule has 4 rings (SSSR count). The number of rotatable bonds is 6. The summed E-state index contributed by atoms with van der Waals surface area (Å²) >= 11 is 12.2. The Bertz CT molecular complexity index is 922. The van der Waals surface area contributed by atoms with E-state index in [0.29, 0.717) is 21.3 Å². The molecule has 1 aromatic heterocycles. The number of likely N-dealkylation sites (tertiary alicyclic amines) is 1. The Kier molecular flexibility index (Phi) is 7.93. The maximum Gasteiger partial charge on any atom is 0.255 e. The van der Waals surface area contributed by atoms with E-state index < -0.39 is 0 Å². The van der Waals surface area contributed by atoms with Crippen LogP contribution in [0, 0.1) is 11.8 Å². The number of hydrogen-bond donors (Lipinski definition) is 1. The molecule has 0 atom stereocenters. The summed E-state index contributed by atoms with van der Waals surface area (Å²) in [5, 5.41) is 4.01. The summed E-state index contributed by atoms with van der Waals surface area (Å²) in [6.07, 6.45) is 7.89. The predicted molar refractivity (Wildman–Crippen MR) is 133 cm³/mol. The van der Waals surface area contributed by atoms with E-state index in [1.807, 2.05) is 0 Å². The van der Waals surface area contributed by atoms with Crippen molar-refractivity contribution < 1.29 is 4.79 Å². The summed E-state index contributed by atoms with van der Waals surface area (Å²) < 4.78 is 0. The van der Waals surface area contributed by atoms with Crippen LogP contribution >= 0.6 is 23.2 Å². The minimum absolute atomic E-state index is 0.219. The van der Waals surface area contributed by atoms with E-state index in [0.717, 1.165) is 43.6 Å². The summed E-state index contributed by atoms with van der Waals surface area (Å²) in [6, 6.07) is 8.69. The molecule has 32 heavy (non-hydrogen) atoms. The number of amides is 1. The number of aromatic nitrogens is 1. The lowest BCUT2D eigenvalue weighted by Crippen LogP contribution is -2.38. The van der Waals surface area contributed by atoms with Crippen LogP contribution in [0.1, 0.15) is 49.4 Å². The largest absolute Gasteiger partial charge is 0.355 e. The van der Waals surface area contributed by atoms with Gasteiger partial charge in [-0.25, -0.2) is 4.98 Å². The highest BCUT2D eigenvalue weighted by Gasteiger charge is 2.24. The zero-order valence-electron chi connectivity index (χ0n) is 18.7. The van der Waals surface area contributed by atoms with Crippen LogP contribution in [-0.4, -0.2) is 48.5 Å². The summed E-state index contributed by atoms with van der Waals surface area (Å²) in [7, 11) is 0. The number of halogens is 2. The molecule has 1 aromatic carbocycles. The summed E-state index contributed by atoms with van der Waals surface area (Å²) in [5.41, 5.74) is 1.15. The minimum atomic E-state index is -0.219. The smallest absolute Gasteiger partial charge is 0.255 e. The van der Waals surface area contributed by atoms with Gasteiger partial charge in [-0.05, 0) is 87.8 Å². The number of pyridine rings is 1. The third-order valence-corrected chi connectivity index (χ3v) is 7.25. The van der Waals surface area contributed by atoms with E-state index in [-0.39, 0.29) is 5.91 Å². The van der Waals surface area contributed by atoms with Crippen molar-refractivity contribution in [2.24, 2.45) is 11.8 Å². The Morgan fingerprint density at radius 1 is 1.06 bits per heavy atom. The molecule has 1 N–H and O–H groups in total. The number of nitrogens with zero attached hydrogens (tertiary/aromatic N) is 3. The quantitative estimate of drug-likeness (QED) is 0.559. The van der Waals surface area contributed by atoms with Crippen LogP contribution in [0.15, 0.2) is 36.5 Å². The molecular formula is C25H32Cl2N4O. The van der Waals surface area contributed by atoms with E-state index in [4.69, 9.17) is 23.2 Å². The highest BCUT2D eigenvalue weighted by atomic mass is 35.5. The van der Waals surface area contributed by atoms with Crippen molar-refractivity contribution in [1.82, 2.24) is 9.88 Å². The molecule has 2 aliphatic rings. The van der Waals surface area contributed by atoms with Crippen LogP contribution < -0.4 is 10.2 Å². The second-order valence-corrected chi connectivity index (χ2v) is 10.1. The van der Waals surface area contributed by atoms with Crippen molar-refractivity contribution in [3.8, 4) is 0 Å². The average molecular weight is 475 g/mol. The molecule has 3 heterocycles. The van der Waals surface area contributed by atoms with E-state index in [2.05, 4.69) is 27.0 Å². The van der Waals surface area contributed by atoms with Crippen molar-refractivity contribution in [3.63, 3.8) is 0 Å². The molecular weight excluding hydrogens is 443 g/mol. The Balaban J connectivity index is 1.34. The van der Waals surface area contributed by atoms with Gasteiger partial charge in [0.05, 0.1) is 10.7 Å². The molecule has 2 aliphatic heterocycles. The number of nitrogens with one attached hydrogen (secondary N) is 1. The number of carbonyl (C=O) groups excluding carboxylic acids is 1. The second-order valence-electron chi connectivity index (χ2n) is 9.23. The number of hydrogen-bond acceptors (Lipinski definition) is 4. The van der Waals surface area contributed by atoms with Gasteiger partial charge < -0.3 is 15.1 Å². The normalized spacial score (nSPS) is 18.7. The van der Waals surface area contributed by atoms with Gasteiger partial charge in [0.2, 0.25) is 0 Å². The topological polar surface area (TPSA) is 48.5 Å². The van der Waals surface area contributed by atoms with Crippen molar-refractivity contribution in [1.29, 1.82) is 0 Å². The van der Waals surface area contributed by atoms with Gasteiger partial charge in [-0.2, -0.15) is 0 Å². The van der Waals surface area contributed by atoms with Crippen LogP contribution in [0.3, 0.4) is 0 Å². The highest BCUT2D eigenvalue weighted by molar-refractivity contribution is 6.31. The molecule has 0 spiro atoms. The van der Waals surface area contributed by atoms with Gasteiger partial charge in [0.1, 0.15) is 0 Å². The third kappa shape index (κ3) is 6.15. The first-order valence-electron chi connectivity index (χ1n) is 11.7. The number of benzene rings is 1. The van der Waals surface area contributed by atoms with Gasteiger partial charge in [0.15, 0.2) is 5.82 Å². The standard InChI is InChI=1S/C25H32Cl2N4O/c1-18-5-10-30(11-6-18)12-7-19-8-13-31(14-9-19)24-23(16-22(27)17-28-24)29-25(32)20-3-2-4-21(26)15-20/h2-4,15-19H,5-14H2,1H3,(H,29,32). The molecule has 2 saturated heterocycles. The van der Waals surface area contributed by atoms with E-state index in [1.54, 1.807) is 36.5 Å². The Morgan fingerprint density at radius 2 is 1.81 bits per heavy atom. The zero-order chi connectivity index (χ0) is 22.5. The maximum atomic E-state index is 12.8. The van der Waals surface area contributed by atoms with Crippen LogP contribution in [0.5, 0.6) is 0 Å². The fourth-order valence-corrected chi connectivity index (χ4v) is 5.03. The molecule has 172 valence electrons. The second kappa shape index (κ2) is 10.9. The number of carbonyl (C=O) groups is 1. The molecule has 2 fully saturated rings. The molecule has 0 saturated carbocycles. The molecule has 2 aromatic rings. The first-order chi connectivity index (χ1) is 15.5.